The molecule has 156 valence electrons. The van der Waals surface area contributed by atoms with Gasteiger partial charge in [-0.2, -0.15) is 4.98 Å². The zero-order chi connectivity index (χ0) is 21.5. The molecule has 0 saturated carbocycles. The van der Waals surface area contributed by atoms with Gasteiger partial charge in [-0.15, -0.1) is 0 Å². The molecule has 0 bridgehead atoms. The molecule has 1 unspecified atom stereocenters. The molecule has 1 amide bonds. The van der Waals surface area contributed by atoms with Crippen molar-refractivity contribution in [1.82, 2.24) is 25.3 Å². The Labute approximate surface area is 180 Å². The topological polar surface area (TPSA) is 127 Å². The van der Waals surface area contributed by atoms with Gasteiger partial charge in [-0.05, 0) is 23.3 Å². The molecule has 0 aliphatic heterocycles. The van der Waals surface area contributed by atoms with E-state index in [1.807, 2.05) is 0 Å². The van der Waals surface area contributed by atoms with Crippen LogP contribution in [-0.4, -0.2) is 41.4 Å². The van der Waals surface area contributed by atoms with Gasteiger partial charge in [-0.25, -0.2) is 15.0 Å². The Kier molecular flexibility index (Phi) is 7.39. The summed E-state index contributed by atoms with van der Waals surface area (Å²) in [6.07, 6.45) is 5.84. The largest absolute Gasteiger partial charge is 0.472 e. The van der Waals surface area contributed by atoms with Gasteiger partial charge in [0.15, 0.2) is 0 Å². The van der Waals surface area contributed by atoms with Crippen molar-refractivity contribution in [1.29, 1.82) is 0 Å². The summed E-state index contributed by atoms with van der Waals surface area (Å²) in [7, 11) is -1.45. The van der Waals surface area contributed by atoms with E-state index in [2.05, 4.69) is 25.3 Å². The highest BCUT2D eigenvalue weighted by molar-refractivity contribution is 7.84. The van der Waals surface area contributed by atoms with Gasteiger partial charge < -0.3 is 15.2 Å². The predicted octanol–water partition coefficient (Wildman–Crippen LogP) is 1.66. The number of ether oxygens (including phenoxy) is 1. The molecule has 9 nitrogen and oxygen atoms in total. The zero-order valence-electron chi connectivity index (χ0n) is 15.9. The van der Waals surface area contributed by atoms with Gasteiger partial charge in [0.2, 0.25) is 11.0 Å². The lowest BCUT2D eigenvalue weighted by molar-refractivity contribution is 0.0943. The maximum Gasteiger partial charge on any atom is 0.258 e. The first-order valence-electron chi connectivity index (χ1n) is 8.73. The highest BCUT2D eigenvalue weighted by atomic mass is 35.5. The van der Waals surface area contributed by atoms with Gasteiger partial charge in [-0.1, -0.05) is 23.7 Å². The van der Waals surface area contributed by atoms with E-state index in [1.165, 1.54) is 12.5 Å². The van der Waals surface area contributed by atoms with E-state index < -0.39 is 16.7 Å². The molecule has 2 aromatic heterocycles. The lowest BCUT2D eigenvalue weighted by Crippen LogP contribution is -2.25. The van der Waals surface area contributed by atoms with Crippen molar-refractivity contribution >= 4 is 28.3 Å². The minimum absolute atomic E-state index is 0.0102. The molecule has 0 spiro atoms. The second-order valence-corrected chi connectivity index (χ2v) is 7.73. The lowest BCUT2D eigenvalue weighted by atomic mass is 10.1. The number of rotatable bonds is 8. The van der Waals surface area contributed by atoms with E-state index in [0.29, 0.717) is 22.0 Å². The average Bonchev–Trinajstić information content (AvgIpc) is 2.76. The van der Waals surface area contributed by atoms with Gasteiger partial charge in [-0.3, -0.25) is 9.00 Å². The average molecular weight is 448 g/mol. The number of hydrogen-bond donors (Lipinski definition) is 2. The highest BCUT2D eigenvalue weighted by Crippen LogP contribution is 2.21. The third kappa shape index (κ3) is 5.56. The standard InChI is InChI=1S/C19H18ClN5O4S/c1-30(28)19-24-8-14(17(27)23-9-16-21-5-2-6-22-16)18(25-19)29-11-12-3-4-13(10-26)15(20)7-12/h2-8,26H,9-11H2,1H3,(H,23,27). The monoisotopic (exact) mass is 447 g/mol. The second-order valence-electron chi connectivity index (χ2n) is 6.05. The van der Waals surface area contributed by atoms with Gasteiger partial charge in [0.25, 0.3) is 5.91 Å². The van der Waals surface area contributed by atoms with Crippen molar-refractivity contribution in [2.75, 3.05) is 6.26 Å². The van der Waals surface area contributed by atoms with Gasteiger partial charge >= 0.3 is 0 Å². The lowest BCUT2D eigenvalue weighted by Gasteiger charge is -2.12. The fraction of sp³-hybridized carbons (Fsp3) is 0.211. The second kappa shape index (κ2) is 10.2. The maximum absolute atomic E-state index is 12.6. The van der Waals surface area contributed by atoms with Crippen LogP contribution in [0.3, 0.4) is 0 Å². The van der Waals surface area contributed by atoms with Crippen molar-refractivity contribution in [3.8, 4) is 5.88 Å². The van der Waals surface area contributed by atoms with E-state index in [4.69, 9.17) is 16.3 Å². The first-order chi connectivity index (χ1) is 14.5. The minimum Gasteiger partial charge on any atom is -0.472 e. The molecule has 0 aliphatic carbocycles. The molecule has 3 aromatic rings. The highest BCUT2D eigenvalue weighted by Gasteiger charge is 2.18. The molecule has 30 heavy (non-hydrogen) atoms. The number of nitrogens with one attached hydrogen (secondary N) is 1. The van der Waals surface area contributed by atoms with E-state index in [0.717, 1.165) is 0 Å². The van der Waals surface area contributed by atoms with E-state index in [-0.39, 0.29) is 36.4 Å². The Morgan fingerprint density at radius 3 is 2.70 bits per heavy atom. The fourth-order valence-electron chi connectivity index (χ4n) is 2.39. The number of aliphatic hydroxyl groups excluding tert-OH is 1. The molecular weight excluding hydrogens is 430 g/mol. The fourth-order valence-corrected chi connectivity index (χ4v) is 3.07. The third-order valence-corrected chi connectivity index (χ3v) is 4.99. The minimum atomic E-state index is -1.45. The molecule has 0 aliphatic rings. The van der Waals surface area contributed by atoms with Crippen LogP contribution in [0, 0.1) is 0 Å². The molecule has 2 N–H and O–H groups in total. The number of aromatic nitrogens is 4. The summed E-state index contributed by atoms with van der Waals surface area (Å²) in [5, 5.41) is 12.3. The number of nitrogens with zero attached hydrogens (tertiary/aromatic N) is 4. The quantitative estimate of drug-likeness (QED) is 0.499. The summed E-state index contributed by atoms with van der Waals surface area (Å²) in [5.41, 5.74) is 1.38. The number of amides is 1. The van der Waals surface area contributed by atoms with Gasteiger partial charge in [0, 0.05) is 29.9 Å². The normalized spacial score (nSPS) is 11.7. The Balaban J connectivity index is 1.78. The van der Waals surface area contributed by atoms with Crippen molar-refractivity contribution in [2.45, 2.75) is 24.9 Å². The summed E-state index contributed by atoms with van der Waals surface area (Å²) in [6, 6.07) is 6.75. The van der Waals surface area contributed by atoms with Gasteiger partial charge in [0.1, 0.15) is 18.0 Å². The number of carbonyl (C=O) groups is 1. The molecule has 1 aromatic carbocycles. The summed E-state index contributed by atoms with van der Waals surface area (Å²) in [6.45, 7) is -0.00782. The number of halogens is 1. The zero-order valence-corrected chi connectivity index (χ0v) is 17.5. The van der Waals surface area contributed by atoms with Crippen molar-refractivity contribution in [3.63, 3.8) is 0 Å². The van der Waals surface area contributed by atoms with E-state index in [9.17, 15) is 14.1 Å². The van der Waals surface area contributed by atoms with Crippen molar-refractivity contribution in [3.05, 3.63) is 70.4 Å². The van der Waals surface area contributed by atoms with E-state index in [1.54, 1.807) is 36.7 Å². The third-order valence-electron chi connectivity index (χ3n) is 3.92. The van der Waals surface area contributed by atoms with Crippen LogP contribution in [0.15, 0.2) is 48.0 Å². The molecular formula is C19H18ClN5O4S. The van der Waals surface area contributed by atoms with Crippen LogP contribution in [0.5, 0.6) is 5.88 Å². The summed E-state index contributed by atoms with van der Waals surface area (Å²) in [4.78, 5) is 28.8. The number of carbonyl (C=O) groups excluding carboxylic acids is 1. The van der Waals surface area contributed by atoms with Crippen LogP contribution < -0.4 is 10.1 Å². The molecule has 0 saturated heterocycles. The number of hydrogen-bond acceptors (Lipinski definition) is 8. The molecule has 1 atom stereocenters. The van der Waals surface area contributed by atoms with Crippen LogP contribution in [-0.2, 0) is 30.6 Å². The molecule has 11 heteroatoms. The van der Waals surface area contributed by atoms with Crippen LogP contribution in [0.2, 0.25) is 5.02 Å². The molecule has 0 fully saturated rings. The van der Waals surface area contributed by atoms with Crippen LogP contribution in [0.25, 0.3) is 0 Å². The van der Waals surface area contributed by atoms with Crippen molar-refractivity contribution in [2.24, 2.45) is 0 Å². The summed E-state index contributed by atoms with van der Waals surface area (Å²) >= 11 is 6.10. The maximum atomic E-state index is 12.6. The molecule has 2 heterocycles. The summed E-state index contributed by atoms with van der Waals surface area (Å²) in [5.74, 6) is -0.0530. The summed E-state index contributed by atoms with van der Waals surface area (Å²) < 4.78 is 17.5. The van der Waals surface area contributed by atoms with Crippen molar-refractivity contribution < 1.29 is 18.8 Å². The number of benzene rings is 1. The molecule has 0 radical (unpaired) electrons. The Hall–Kier alpha value is -2.95. The molecule has 3 rings (SSSR count). The first kappa shape index (κ1) is 21.8. The SMILES string of the molecule is CS(=O)c1ncc(C(=O)NCc2ncccn2)c(OCc2ccc(CO)c(Cl)c2)n1. The van der Waals surface area contributed by atoms with Crippen LogP contribution in [0.4, 0.5) is 0 Å². The smallest absolute Gasteiger partial charge is 0.258 e. The first-order valence-corrected chi connectivity index (χ1v) is 10.7. The Morgan fingerprint density at radius 2 is 2.03 bits per heavy atom. The van der Waals surface area contributed by atoms with Crippen LogP contribution >= 0.6 is 11.6 Å². The van der Waals surface area contributed by atoms with Gasteiger partial charge in [0.05, 0.1) is 24.0 Å². The number of aliphatic hydroxyl groups is 1. The predicted molar refractivity (Wildman–Crippen MR) is 109 cm³/mol. The Bertz CT molecular complexity index is 1070. The Morgan fingerprint density at radius 1 is 1.27 bits per heavy atom. The van der Waals surface area contributed by atoms with Crippen LogP contribution in [0.1, 0.15) is 27.3 Å². The van der Waals surface area contributed by atoms with E-state index >= 15 is 0 Å².